The maximum atomic E-state index is 12.1. The average Bonchev–Trinajstić information content (AvgIpc) is 2.95. The van der Waals surface area contributed by atoms with Crippen molar-refractivity contribution in [2.24, 2.45) is 11.1 Å². The molecular weight excluding hydrogens is 351 g/mol. The lowest BCUT2D eigenvalue weighted by Gasteiger charge is -2.22. The SMILES string of the molecule is CC1(CN)CCN(C(=O)CNC(=O)NCc2ccc(Cl)cc2)C1.Cl. The highest BCUT2D eigenvalue weighted by Gasteiger charge is 2.34. The Kier molecular flexibility index (Phi) is 7.79. The number of nitrogens with one attached hydrogen (secondary N) is 2. The van der Waals surface area contributed by atoms with Gasteiger partial charge in [-0.3, -0.25) is 4.79 Å². The molecule has 6 nitrogen and oxygen atoms in total. The highest BCUT2D eigenvalue weighted by Crippen LogP contribution is 2.28. The molecule has 1 heterocycles. The van der Waals surface area contributed by atoms with Gasteiger partial charge in [0, 0.05) is 24.7 Å². The van der Waals surface area contributed by atoms with E-state index in [1.165, 1.54) is 0 Å². The van der Waals surface area contributed by atoms with E-state index in [2.05, 4.69) is 17.6 Å². The summed E-state index contributed by atoms with van der Waals surface area (Å²) in [5.74, 6) is -0.0798. The number of halogens is 2. The highest BCUT2D eigenvalue weighted by molar-refractivity contribution is 6.30. The Balaban J connectivity index is 0.00000288. The first-order chi connectivity index (χ1) is 10.9. The van der Waals surface area contributed by atoms with Gasteiger partial charge >= 0.3 is 6.03 Å². The molecule has 1 aliphatic heterocycles. The Morgan fingerprint density at radius 1 is 1.29 bits per heavy atom. The van der Waals surface area contributed by atoms with Crippen LogP contribution in [-0.4, -0.2) is 43.0 Å². The third-order valence-corrected chi connectivity index (χ3v) is 4.42. The van der Waals surface area contributed by atoms with Crippen molar-refractivity contribution in [3.63, 3.8) is 0 Å². The van der Waals surface area contributed by atoms with E-state index in [-0.39, 0.29) is 36.3 Å². The molecule has 1 aliphatic rings. The number of benzene rings is 1. The molecule has 2 rings (SSSR count). The summed E-state index contributed by atoms with van der Waals surface area (Å²) in [4.78, 5) is 25.6. The number of carbonyl (C=O) groups is 2. The standard InChI is InChI=1S/C16H23ClN4O2.ClH/c1-16(10-18)6-7-21(11-16)14(22)9-20-15(23)19-8-12-2-4-13(17)5-3-12;/h2-5H,6-11,18H2,1H3,(H2,19,20,23);1H. The second-order valence-corrected chi connectivity index (χ2v) is 6.68. The van der Waals surface area contributed by atoms with Gasteiger partial charge in [0.2, 0.25) is 5.91 Å². The van der Waals surface area contributed by atoms with Crippen molar-refractivity contribution in [3.05, 3.63) is 34.9 Å². The van der Waals surface area contributed by atoms with Gasteiger partial charge in [-0.1, -0.05) is 30.7 Å². The van der Waals surface area contributed by atoms with Crippen molar-refractivity contribution < 1.29 is 9.59 Å². The molecule has 1 fully saturated rings. The Morgan fingerprint density at radius 3 is 2.54 bits per heavy atom. The second kappa shape index (κ2) is 9.11. The third-order valence-electron chi connectivity index (χ3n) is 4.17. The number of urea groups is 1. The van der Waals surface area contributed by atoms with Gasteiger partial charge in [0.05, 0.1) is 6.54 Å². The molecule has 24 heavy (non-hydrogen) atoms. The van der Waals surface area contributed by atoms with Crippen LogP contribution < -0.4 is 16.4 Å². The lowest BCUT2D eigenvalue weighted by Crippen LogP contribution is -2.43. The molecule has 1 aromatic rings. The second-order valence-electron chi connectivity index (χ2n) is 6.24. The first kappa shape index (κ1) is 20.5. The van der Waals surface area contributed by atoms with Crippen LogP contribution in [0.25, 0.3) is 0 Å². The molecule has 0 spiro atoms. The Morgan fingerprint density at radius 2 is 1.96 bits per heavy atom. The molecule has 0 radical (unpaired) electrons. The van der Waals surface area contributed by atoms with E-state index in [0.29, 0.717) is 31.2 Å². The van der Waals surface area contributed by atoms with Crippen LogP contribution in [0.5, 0.6) is 0 Å². The molecule has 0 aromatic heterocycles. The number of amides is 3. The zero-order valence-electron chi connectivity index (χ0n) is 13.7. The summed E-state index contributed by atoms with van der Waals surface area (Å²) in [5.41, 5.74) is 6.66. The fraction of sp³-hybridized carbons (Fsp3) is 0.500. The Hall–Kier alpha value is -1.50. The van der Waals surface area contributed by atoms with E-state index >= 15 is 0 Å². The van der Waals surface area contributed by atoms with Gasteiger partial charge in [0.1, 0.15) is 0 Å². The molecule has 134 valence electrons. The van der Waals surface area contributed by atoms with Gasteiger partial charge in [-0.25, -0.2) is 4.79 Å². The van der Waals surface area contributed by atoms with Crippen molar-refractivity contribution >= 4 is 35.9 Å². The Bertz CT molecular complexity index is 568. The normalized spacial score (nSPS) is 19.5. The van der Waals surface area contributed by atoms with Crippen molar-refractivity contribution in [1.82, 2.24) is 15.5 Å². The zero-order chi connectivity index (χ0) is 16.9. The molecule has 0 saturated carbocycles. The molecule has 1 saturated heterocycles. The molecule has 1 unspecified atom stereocenters. The monoisotopic (exact) mass is 374 g/mol. The quantitative estimate of drug-likeness (QED) is 0.733. The summed E-state index contributed by atoms with van der Waals surface area (Å²) in [5, 5.41) is 5.95. The number of carbonyl (C=O) groups excluding carboxylic acids is 2. The fourth-order valence-electron chi connectivity index (χ4n) is 2.52. The van der Waals surface area contributed by atoms with Crippen LogP contribution in [-0.2, 0) is 11.3 Å². The third kappa shape index (κ3) is 5.85. The number of hydrogen-bond acceptors (Lipinski definition) is 3. The summed E-state index contributed by atoms with van der Waals surface area (Å²) in [7, 11) is 0. The molecule has 8 heteroatoms. The number of likely N-dealkylation sites (tertiary alicyclic amines) is 1. The predicted octanol–water partition coefficient (Wildman–Crippen LogP) is 1.76. The molecule has 0 bridgehead atoms. The van der Waals surface area contributed by atoms with E-state index in [1.54, 1.807) is 17.0 Å². The molecular formula is C16H24Cl2N4O2. The van der Waals surface area contributed by atoms with E-state index in [9.17, 15) is 9.59 Å². The Labute approximate surface area is 153 Å². The van der Waals surface area contributed by atoms with E-state index in [0.717, 1.165) is 12.0 Å². The van der Waals surface area contributed by atoms with E-state index in [4.69, 9.17) is 17.3 Å². The minimum Gasteiger partial charge on any atom is -0.341 e. The zero-order valence-corrected chi connectivity index (χ0v) is 15.3. The van der Waals surface area contributed by atoms with Gasteiger partial charge < -0.3 is 21.3 Å². The van der Waals surface area contributed by atoms with E-state index < -0.39 is 0 Å². The number of nitrogens with zero attached hydrogens (tertiary/aromatic N) is 1. The van der Waals surface area contributed by atoms with Crippen molar-refractivity contribution in [2.75, 3.05) is 26.2 Å². The molecule has 1 atom stereocenters. The molecule has 4 N–H and O–H groups in total. The molecule has 1 aromatic carbocycles. The summed E-state index contributed by atoms with van der Waals surface area (Å²) < 4.78 is 0. The fourth-order valence-corrected chi connectivity index (χ4v) is 2.64. The minimum absolute atomic E-state index is 0. The van der Waals surface area contributed by atoms with Gasteiger partial charge in [-0.15, -0.1) is 12.4 Å². The van der Waals surface area contributed by atoms with Crippen LogP contribution in [0.2, 0.25) is 5.02 Å². The van der Waals surface area contributed by atoms with Crippen LogP contribution in [0.3, 0.4) is 0 Å². The minimum atomic E-state index is -0.367. The number of nitrogens with two attached hydrogens (primary N) is 1. The first-order valence-electron chi connectivity index (χ1n) is 7.66. The topological polar surface area (TPSA) is 87.5 Å². The largest absolute Gasteiger partial charge is 0.341 e. The maximum absolute atomic E-state index is 12.1. The first-order valence-corrected chi connectivity index (χ1v) is 8.04. The van der Waals surface area contributed by atoms with Crippen LogP contribution in [0, 0.1) is 5.41 Å². The lowest BCUT2D eigenvalue weighted by molar-refractivity contribution is -0.129. The highest BCUT2D eigenvalue weighted by atomic mass is 35.5. The number of hydrogen-bond donors (Lipinski definition) is 3. The smallest absolute Gasteiger partial charge is 0.315 e. The average molecular weight is 375 g/mol. The van der Waals surface area contributed by atoms with Crippen LogP contribution >= 0.6 is 24.0 Å². The van der Waals surface area contributed by atoms with Crippen LogP contribution in [0.4, 0.5) is 4.79 Å². The van der Waals surface area contributed by atoms with E-state index in [1.807, 2.05) is 12.1 Å². The van der Waals surface area contributed by atoms with Crippen molar-refractivity contribution in [3.8, 4) is 0 Å². The lowest BCUT2D eigenvalue weighted by atomic mass is 9.90. The maximum Gasteiger partial charge on any atom is 0.315 e. The van der Waals surface area contributed by atoms with Gasteiger partial charge in [0.15, 0.2) is 0 Å². The van der Waals surface area contributed by atoms with Gasteiger partial charge in [0.25, 0.3) is 0 Å². The molecule has 3 amide bonds. The van der Waals surface area contributed by atoms with Gasteiger partial charge in [-0.05, 0) is 36.1 Å². The predicted molar refractivity (Wildman–Crippen MR) is 97.3 cm³/mol. The van der Waals surface area contributed by atoms with Crippen LogP contribution in [0.15, 0.2) is 24.3 Å². The summed E-state index contributed by atoms with van der Waals surface area (Å²) >= 11 is 5.80. The summed E-state index contributed by atoms with van der Waals surface area (Å²) in [6.07, 6.45) is 0.901. The van der Waals surface area contributed by atoms with Crippen molar-refractivity contribution in [2.45, 2.75) is 19.9 Å². The summed E-state index contributed by atoms with van der Waals surface area (Å²) in [6, 6.07) is 6.84. The number of rotatable bonds is 5. The summed E-state index contributed by atoms with van der Waals surface area (Å²) in [6.45, 7) is 4.36. The van der Waals surface area contributed by atoms with Crippen molar-refractivity contribution in [1.29, 1.82) is 0 Å². The molecule has 0 aliphatic carbocycles. The van der Waals surface area contributed by atoms with Crippen LogP contribution in [0.1, 0.15) is 18.9 Å². The van der Waals surface area contributed by atoms with Gasteiger partial charge in [-0.2, -0.15) is 0 Å².